The Hall–Kier alpha value is -3.15. The van der Waals surface area contributed by atoms with Gasteiger partial charge >= 0.3 is 17.9 Å². The quantitative estimate of drug-likeness (QED) is 0.0264. The van der Waals surface area contributed by atoms with E-state index in [0.29, 0.717) is 19.3 Å². The first-order chi connectivity index (χ1) is 29.0. The summed E-state index contributed by atoms with van der Waals surface area (Å²) in [6, 6.07) is 0. The number of carbonyl (C=O) groups is 3. The fraction of sp³-hybridized carbons (Fsp3) is 0.717. The molecule has 0 saturated heterocycles. The third-order valence-electron chi connectivity index (χ3n) is 10.3. The summed E-state index contributed by atoms with van der Waals surface area (Å²) in [5.74, 6) is -0.967. The summed E-state index contributed by atoms with van der Waals surface area (Å²) in [6.07, 6.45) is 58.8. The number of allylic oxidation sites excluding steroid dienone is 12. The highest BCUT2D eigenvalue weighted by Crippen LogP contribution is 2.14. The Kier molecular flexibility index (Phi) is 45.0. The van der Waals surface area contributed by atoms with E-state index in [0.717, 1.165) is 77.0 Å². The zero-order valence-corrected chi connectivity index (χ0v) is 38.5. The number of rotatable bonds is 43. The predicted octanol–water partition coefficient (Wildman–Crippen LogP) is 15.9. The van der Waals surface area contributed by atoms with Crippen molar-refractivity contribution in [2.24, 2.45) is 0 Å². The molecular weight excluding hydrogens is 733 g/mol. The van der Waals surface area contributed by atoms with Crippen molar-refractivity contribution in [3.63, 3.8) is 0 Å². The lowest BCUT2D eigenvalue weighted by Gasteiger charge is -2.18. The van der Waals surface area contributed by atoms with Crippen molar-refractivity contribution in [1.82, 2.24) is 0 Å². The molecule has 0 saturated carbocycles. The maximum atomic E-state index is 12.7. The van der Waals surface area contributed by atoms with Crippen LogP contribution in [0.15, 0.2) is 72.9 Å². The Bertz CT molecular complexity index is 1130. The van der Waals surface area contributed by atoms with Gasteiger partial charge in [-0.25, -0.2) is 0 Å². The monoisotopic (exact) mass is 823 g/mol. The molecule has 0 spiro atoms. The molecule has 0 bridgehead atoms. The average molecular weight is 823 g/mol. The van der Waals surface area contributed by atoms with Crippen LogP contribution >= 0.6 is 0 Å². The van der Waals surface area contributed by atoms with E-state index in [4.69, 9.17) is 14.2 Å². The van der Waals surface area contributed by atoms with Gasteiger partial charge in [-0.15, -0.1) is 0 Å². The maximum Gasteiger partial charge on any atom is 0.306 e. The first-order valence-electron chi connectivity index (χ1n) is 24.5. The molecule has 6 nitrogen and oxygen atoms in total. The molecule has 0 aliphatic carbocycles. The molecule has 1 unspecified atom stereocenters. The van der Waals surface area contributed by atoms with Crippen LogP contribution in [0.4, 0.5) is 0 Å². The van der Waals surface area contributed by atoms with Gasteiger partial charge in [0, 0.05) is 19.3 Å². The Balaban J connectivity index is 4.48. The Morgan fingerprint density at radius 3 is 1.07 bits per heavy atom. The number of hydrogen-bond acceptors (Lipinski definition) is 6. The van der Waals surface area contributed by atoms with Gasteiger partial charge in [-0.2, -0.15) is 0 Å². The molecule has 1 atom stereocenters. The summed E-state index contributed by atoms with van der Waals surface area (Å²) in [5.41, 5.74) is 0. The van der Waals surface area contributed by atoms with Gasteiger partial charge in [-0.3, -0.25) is 14.4 Å². The summed E-state index contributed by atoms with van der Waals surface area (Å²) >= 11 is 0. The largest absolute Gasteiger partial charge is 0.462 e. The van der Waals surface area contributed by atoms with Crippen molar-refractivity contribution < 1.29 is 28.6 Å². The van der Waals surface area contributed by atoms with Crippen LogP contribution in [0.2, 0.25) is 0 Å². The molecule has 0 amide bonds. The lowest BCUT2D eigenvalue weighted by atomic mass is 10.0. The van der Waals surface area contributed by atoms with Crippen molar-refractivity contribution in [1.29, 1.82) is 0 Å². The second-order valence-corrected chi connectivity index (χ2v) is 16.1. The number of unbranched alkanes of at least 4 members (excludes halogenated alkanes) is 24. The fourth-order valence-corrected chi connectivity index (χ4v) is 6.62. The highest BCUT2D eigenvalue weighted by molar-refractivity contribution is 5.71. The number of ether oxygens (including phenoxy) is 3. The molecule has 0 aromatic carbocycles. The van der Waals surface area contributed by atoms with E-state index in [2.05, 4.69) is 57.2 Å². The molecule has 0 aliphatic heterocycles. The van der Waals surface area contributed by atoms with Crippen LogP contribution in [0.1, 0.15) is 226 Å². The highest BCUT2D eigenvalue weighted by Gasteiger charge is 2.19. The van der Waals surface area contributed by atoms with Crippen LogP contribution in [-0.4, -0.2) is 37.2 Å². The van der Waals surface area contributed by atoms with Crippen molar-refractivity contribution in [2.45, 2.75) is 232 Å². The second kappa shape index (κ2) is 47.5. The third kappa shape index (κ3) is 45.8. The van der Waals surface area contributed by atoms with E-state index in [1.54, 1.807) is 0 Å². The van der Waals surface area contributed by atoms with Crippen LogP contribution in [-0.2, 0) is 28.6 Å². The number of esters is 3. The highest BCUT2D eigenvalue weighted by atomic mass is 16.6. The standard InChI is InChI=1S/C53H90O6/c1-4-7-10-13-16-19-22-25-26-27-29-31-34-37-40-43-46-52(55)58-49-50(48-57-51(54)45-42-39-36-33-30-24-21-18-15-12-9-6-3)59-53(56)47-44-41-38-35-32-28-23-20-17-14-11-8-5-2/h8,11,14,17,20,23,26-29,31-32,50H,4-7,9-10,12-13,15-16,18-19,21-22,24-25,30,33-49H2,1-3H3/b11-8-,17-14-,23-20-,27-26-,31-29-,32-28-. The Morgan fingerprint density at radius 1 is 0.356 bits per heavy atom. The van der Waals surface area contributed by atoms with Crippen LogP contribution in [0.3, 0.4) is 0 Å². The lowest BCUT2D eigenvalue weighted by molar-refractivity contribution is -0.167. The lowest BCUT2D eigenvalue weighted by Crippen LogP contribution is -2.30. The van der Waals surface area contributed by atoms with Crippen LogP contribution in [0.5, 0.6) is 0 Å². The van der Waals surface area contributed by atoms with Gasteiger partial charge in [-0.1, -0.05) is 216 Å². The zero-order valence-electron chi connectivity index (χ0n) is 38.5. The number of hydrogen-bond donors (Lipinski definition) is 0. The van der Waals surface area contributed by atoms with Crippen molar-refractivity contribution in [3.05, 3.63) is 72.9 Å². The zero-order chi connectivity index (χ0) is 43.0. The maximum absolute atomic E-state index is 12.7. The molecule has 0 heterocycles. The molecule has 6 heteroatoms. The minimum absolute atomic E-state index is 0.0989. The van der Waals surface area contributed by atoms with E-state index in [1.165, 1.54) is 103 Å². The van der Waals surface area contributed by atoms with E-state index in [1.807, 2.05) is 36.5 Å². The van der Waals surface area contributed by atoms with Crippen LogP contribution < -0.4 is 0 Å². The topological polar surface area (TPSA) is 78.9 Å². The van der Waals surface area contributed by atoms with Gasteiger partial charge in [0.25, 0.3) is 0 Å². The SMILES string of the molecule is CC\C=C/C=C\C=C/C=C\CCCCCC(=O)OC(COC(=O)CCCCC/C=C\C=C/CCCCCCCCC)COC(=O)CCCCCCCCCCCCCC. The van der Waals surface area contributed by atoms with E-state index < -0.39 is 6.10 Å². The smallest absolute Gasteiger partial charge is 0.306 e. The first kappa shape index (κ1) is 55.9. The predicted molar refractivity (Wildman–Crippen MR) is 251 cm³/mol. The second-order valence-electron chi connectivity index (χ2n) is 16.1. The summed E-state index contributed by atoms with van der Waals surface area (Å²) < 4.78 is 16.7. The number of carbonyl (C=O) groups excluding carboxylic acids is 3. The van der Waals surface area contributed by atoms with Crippen LogP contribution in [0, 0.1) is 0 Å². The van der Waals surface area contributed by atoms with E-state index >= 15 is 0 Å². The summed E-state index contributed by atoms with van der Waals surface area (Å²) in [6.45, 7) is 6.42. The molecule has 0 aromatic rings. The molecule has 0 radical (unpaired) electrons. The normalized spacial score (nSPS) is 12.7. The molecule has 0 fully saturated rings. The summed E-state index contributed by atoms with van der Waals surface area (Å²) in [5, 5.41) is 0. The molecule has 0 N–H and O–H groups in total. The van der Waals surface area contributed by atoms with Gasteiger partial charge in [-0.05, 0) is 64.2 Å². The molecule has 0 aromatic heterocycles. The minimum atomic E-state index is -0.803. The molecule has 338 valence electrons. The van der Waals surface area contributed by atoms with Crippen molar-refractivity contribution in [2.75, 3.05) is 13.2 Å². The van der Waals surface area contributed by atoms with Gasteiger partial charge in [0.05, 0.1) is 0 Å². The summed E-state index contributed by atoms with van der Waals surface area (Å²) in [7, 11) is 0. The van der Waals surface area contributed by atoms with Gasteiger partial charge in [0.1, 0.15) is 13.2 Å². The van der Waals surface area contributed by atoms with E-state index in [9.17, 15) is 14.4 Å². The minimum Gasteiger partial charge on any atom is -0.462 e. The van der Waals surface area contributed by atoms with Gasteiger partial charge in [0.15, 0.2) is 6.10 Å². The Morgan fingerprint density at radius 2 is 0.661 bits per heavy atom. The van der Waals surface area contributed by atoms with Gasteiger partial charge in [0.2, 0.25) is 0 Å². The molecule has 0 rings (SSSR count). The third-order valence-corrected chi connectivity index (χ3v) is 10.3. The van der Waals surface area contributed by atoms with Gasteiger partial charge < -0.3 is 14.2 Å². The van der Waals surface area contributed by atoms with Crippen LogP contribution in [0.25, 0.3) is 0 Å². The fourth-order valence-electron chi connectivity index (χ4n) is 6.62. The van der Waals surface area contributed by atoms with E-state index in [-0.39, 0.29) is 37.5 Å². The Labute approximate surface area is 363 Å². The van der Waals surface area contributed by atoms with Crippen molar-refractivity contribution >= 4 is 17.9 Å². The molecule has 0 aliphatic rings. The average Bonchev–Trinajstić information content (AvgIpc) is 3.23. The first-order valence-corrected chi connectivity index (χ1v) is 24.5. The van der Waals surface area contributed by atoms with Crippen molar-refractivity contribution in [3.8, 4) is 0 Å². The molecular formula is C53H90O6. The molecule has 59 heavy (non-hydrogen) atoms. The summed E-state index contributed by atoms with van der Waals surface area (Å²) in [4.78, 5) is 37.8.